The quantitative estimate of drug-likeness (QED) is 0.402. The van der Waals surface area contributed by atoms with Crippen molar-refractivity contribution in [1.82, 2.24) is 19.5 Å². The van der Waals surface area contributed by atoms with Gasteiger partial charge in [0.25, 0.3) is 5.91 Å². The van der Waals surface area contributed by atoms with Gasteiger partial charge in [0.05, 0.1) is 25.9 Å². The maximum absolute atomic E-state index is 12.9. The molecule has 1 amide bonds. The number of hydrogen-bond donors (Lipinski definition) is 1. The molecular formula is C27H25N5O4. The van der Waals surface area contributed by atoms with E-state index in [9.17, 15) is 4.79 Å². The van der Waals surface area contributed by atoms with Crippen LogP contribution in [0.3, 0.4) is 0 Å². The zero-order chi connectivity index (χ0) is 24.9. The van der Waals surface area contributed by atoms with Crippen molar-refractivity contribution in [3.05, 3.63) is 66.4 Å². The van der Waals surface area contributed by atoms with Gasteiger partial charge in [0, 0.05) is 36.6 Å². The van der Waals surface area contributed by atoms with Gasteiger partial charge in [0.1, 0.15) is 18.1 Å². The van der Waals surface area contributed by atoms with Crippen molar-refractivity contribution in [3.8, 4) is 35.0 Å². The van der Waals surface area contributed by atoms with Crippen molar-refractivity contribution in [2.45, 2.75) is 0 Å². The van der Waals surface area contributed by atoms with Crippen molar-refractivity contribution in [2.75, 3.05) is 45.3 Å². The van der Waals surface area contributed by atoms with Gasteiger partial charge in [-0.05, 0) is 42.0 Å². The first-order valence-electron chi connectivity index (χ1n) is 11.5. The molecule has 1 saturated heterocycles. The minimum atomic E-state index is -0.0760. The molecule has 4 aromatic rings. The van der Waals surface area contributed by atoms with Crippen LogP contribution in [0.25, 0.3) is 16.8 Å². The average molecular weight is 484 g/mol. The van der Waals surface area contributed by atoms with Crippen LogP contribution in [0.4, 0.5) is 11.6 Å². The van der Waals surface area contributed by atoms with Crippen molar-refractivity contribution >= 4 is 23.2 Å². The summed E-state index contributed by atoms with van der Waals surface area (Å²) < 4.78 is 18.0. The van der Waals surface area contributed by atoms with Crippen LogP contribution in [0.2, 0.25) is 0 Å². The van der Waals surface area contributed by atoms with E-state index in [1.807, 2.05) is 48.7 Å². The first-order chi connectivity index (χ1) is 17.7. The third-order valence-electron chi connectivity index (χ3n) is 5.84. The standard InChI is InChI=1S/C27H25N5O4/c1-3-15-36-21-9-6-19(7-10-21)22-5-4-12-32-25(22)29-27(30-32)28-20-8-11-23(24(18-20)34-2)26(33)31-13-16-35-17-14-31/h1,4-12,18H,13-17H2,2H3,(H,28,30). The Balaban J connectivity index is 1.38. The lowest BCUT2D eigenvalue weighted by molar-refractivity contribution is 0.0301. The van der Waals surface area contributed by atoms with Gasteiger partial charge in [-0.3, -0.25) is 4.79 Å². The lowest BCUT2D eigenvalue weighted by Gasteiger charge is -2.27. The third-order valence-corrected chi connectivity index (χ3v) is 5.84. The summed E-state index contributed by atoms with van der Waals surface area (Å²) in [5.41, 5.74) is 3.80. The van der Waals surface area contributed by atoms with E-state index in [2.05, 4.69) is 16.3 Å². The number of rotatable bonds is 7. The molecule has 0 aliphatic carbocycles. The number of carbonyl (C=O) groups is 1. The van der Waals surface area contributed by atoms with E-state index in [1.165, 1.54) is 0 Å². The number of fused-ring (bicyclic) bond motifs is 1. The molecule has 1 aliphatic rings. The van der Waals surface area contributed by atoms with E-state index < -0.39 is 0 Å². The summed E-state index contributed by atoms with van der Waals surface area (Å²) in [4.78, 5) is 19.4. The Bertz CT molecular complexity index is 1420. The van der Waals surface area contributed by atoms with Gasteiger partial charge in [-0.25, -0.2) is 4.52 Å². The fourth-order valence-corrected chi connectivity index (χ4v) is 4.05. The van der Waals surface area contributed by atoms with E-state index in [-0.39, 0.29) is 12.5 Å². The molecule has 0 atom stereocenters. The lowest BCUT2D eigenvalue weighted by atomic mass is 10.1. The Morgan fingerprint density at radius 1 is 1.17 bits per heavy atom. The van der Waals surface area contributed by atoms with Gasteiger partial charge in [-0.15, -0.1) is 11.5 Å². The van der Waals surface area contributed by atoms with Crippen LogP contribution in [0.1, 0.15) is 10.4 Å². The van der Waals surface area contributed by atoms with Crippen molar-refractivity contribution < 1.29 is 19.0 Å². The molecule has 1 fully saturated rings. The summed E-state index contributed by atoms with van der Waals surface area (Å²) in [5.74, 6) is 3.99. The fraction of sp³-hybridized carbons (Fsp3) is 0.222. The molecular weight excluding hydrogens is 458 g/mol. The lowest BCUT2D eigenvalue weighted by Crippen LogP contribution is -2.40. The Labute approximate surface area is 208 Å². The molecule has 36 heavy (non-hydrogen) atoms. The van der Waals surface area contributed by atoms with Crippen LogP contribution in [-0.2, 0) is 4.74 Å². The summed E-state index contributed by atoms with van der Waals surface area (Å²) in [5, 5.41) is 7.77. The van der Waals surface area contributed by atoms with Gasteiger partial charge < -0.3 is 24.4 Å². The van der Waals surface area contributed by atoms with Crippen LogP contribution >= 0.6 is 0 Å². The minimum absolute atomic E-state index is 0.0760. The zero-order valence-corrected chi connectivity index (χ0v) is 19.8. The van der Waals surface area contributed by atoms with E-state index in [0.717, 1.165) is 11.1 Å². The largest absolute Gasteiger partial charge is 0.496 e. The van der Waals surface area contributed by atoms with Crippen molar-refractivity contribution in [2.24, 2.45) is 0 Å². The first kappa shape index (κ1) is 23.2. The summed E-state index contributed by atoms with van der Waals surface area (Å²) >= 11 is 0. The zero-order valence-electron chi connectivity index (χ0n) is 19.8. The number of nitrogens with zero attached hydrogens (tertiary/aromatic N) is 4. The molecule has 2 aromatic carbocycles. The van der Waals surface area contributed by atoms with Crippen LogP contribution in [0.15, 0.2) is 60.8 Å². The second-order valence-electron chi connectivity index (χ2n) is 8.09. The van der Waals surface area contributed by atoms with Crippen LogP contribution in [0, 0.1) is 12.3 Å². The Morgan fingerprint density at radius 3 is 2.72 bits per heavy atom. The Morgan fingerprint density at radius 2 is 1.97 bits per heavy atom. The number of methoxy groups -OCH3 is 1. The summed E-state index contributed by atoms with van der Waals surface area (Å²) in [6, 6.07) is 16.9. The number of terminal acetylenes is 1. The topological polar surface area (TPSA) is 90.2 Å². The number of anilines is 2. The number of ether oxygens (including phenoxy) is 3. The third kappa shape index (κ3) is 4.80. The average Bonchev–Trinajstić information content (AvgIpc) is 3.35. The number of carbonyl (C=O) groups excluding carboxylic acids is 1. The number of hydrogen-bond acceptors (Lipinski definition) is 7. The fourth-order valence-electron chi connectivity index (χ4n) is 4.05. The van der Waals surface area contributed by atoms with E-state index in [1.54, 1.807) is 28.7 Å². The minimum Gasteiger partial charge on any atom is -0.496 e. The van der Waals surface area contributed by atoms with E-state index in [0.29, 0.717) is 60.6 Å². The predicted octanol–water partition coefficient (Wildman–Crippen LogP) is 3.63. The number of amides is 1. The maximum atomic E-state index is 12.9. The molecule has 5 rings (SSSR count). The van der Waals surface area contributed by atoms with Gasteiger partial charge >= 0.3 is 0 Å². The highest BCUT2D eigenvalue weighted by atomic mass is 16.5. The molecule has 182 valence electrons. The van der Waals surface area contributed by atoms with Crippen LogP contribution < -0.4 is 14.8 Å². The monoisotopic (exact) mass is 483 g/mol. The summed E-state index contributed by atoms with van der Waals surface area (Å²) in [6.45, 7) is 2.44. The number of morpholine rings is 1. The second-order valence-corrected chi connectivity index (χ2v) is 8.09. The smallest absolute Gasteiger partial charge is 0.257 e. The van der Waals surface area contributed by atoms with Gasteiger partial charge in [-0.1, -0.05) is 18.1 Å². The normalized spacial score (nSPS) is 13.3. The van der Waals surface area contributed by atoms with Crippen molar-refractivity contribution in [3.63, 3.8) is 0 Å². The van der Waals surface area contributed by atoms with E-state index in [4.69, 9.17) is 25.6 Å². The van der Waals surface area contributed by atoms with Gasteiger partial charge in [0.2, 0.25) is 5.95 Å². The molecule has 0 spiro atoms. The predicted molar refractivity (Wildman–Crippen MR) is 136 cm³/mol. The molecule has 2 aromatic heterocycles. The number of aromatic nitrogens is 3. The highest BCUT2D eigenvalue weighted by Crippen LogP contribution is 2.29. The van der Waals surface area contributed by atoms with Crippen LogP contribution in [0.5, 0.6) is 11.5 Å². The number of nitrogens with one attached hydrogen (secondary N) is 1. The summed E-state index contributed by atoms with van der Waals surface area (Å²) in [7, 11) is 1.55. The molecule has 1 aliphatic heterocycles. The Hall–Kier alpha value is -4.55. The molecule has 9 heteroatoms. The molecule has 1 N–H and O–H groups in total. The number of benzene rings is 2. The second kappa shape index (κ2) is 10.4. The first-order valence-corrected chi connectivity index (χ1v) is 11.5. The SMILES string of the molecule is C#CCOc1ccc(-c2cccn3nc(Nc4ccc(C(=O)N5CCOCC5)c(OC)c4)nc23)cc1. The van der Waals surface area contributed by atoms with E-state index >= 15 is 0 Å². The Kier molecular flexibility index (Phi) is 6.69. The van der Waals surface area contributed by atoms with Crippen molar-refractivity contribution in [1.29, 1.82) is 0 Å². The van der Waals surface area contributed by atoms with Crippen LogP contribution in [-0.4, -0.2) is 65.4 Å². The highest BCUT2D eigenvalue weighted by Gasteiger charge is 2.22. The molecule has 0 unspecified atom stereocenters. The molecule has 9 nitrogen and oxygen atoms in total. The van der Waals surface area contributed by atoms with Gasteiger partial charge in [-0.2, -0.15) is 4.98 Å². The highest BCUT2D eigenvalue weighted by molar-refractivity contribution is 5.97. The molecule has 0 radical (unpaired) electrons. The molecule has 3 heterocycles. The molecule has 0 bridgehead atoms. The van der Waals surface area contributed by atoms with Gasteiger partial charge in [0.15, 0.2) is 5.65 Å². The maximum Gasteiger partial charge on any atom is 0.257 e. The summed E-state index contributed by atoms with van der Waals surface area (Å²) in [6.07, 6.45) is 7.10. The number of pyridine rings is 1. The molecule has 0 saturated carbocycles.